The van der Waals surface area contributed by atoms with Gasteiger partial charge >= 0.3 is 5.97 Å². The minimum absolute atomic E-state index is 0.0825. The Morgan fingerprint density at radius 2 is 1.73 bits per heavy atom. The van der Waals surface area contributed by atoms with Crippen LogP contribution in [0, 0.1) is 5.82 Å². The average Bonchev–Trinajstić information content (AvgIpc) is 3.28. The Labute approximate surface area is 239 Å². The van der Waals surface area contributed by atoms with Crippen LogP contribution in [0.25, 0.3) is 11.3 Å². The number of para-hydroxylation sites is 1. The highest BCUT2D eigenvalue weighted by molar-refractivity contribution is 6.08. The minimum atomic E-state index is -1.17. The van der Waals surface area contributed by atoms with Gasteiger partial charge in [0.05, 0.1) is 29.9 Å². The lowest BCUT2D eigenvalue weighted by atomic mass is 9.86. The van der Waals surface area contributed by atoms with Crippen molar-refractivity contribution >= 4 is 17.6 Å². The van der Waals surface area contributed by atoms with Crippen molar-refractivity contribution in [1.82, 2.24) is 4.57 Å². The van der Waals surface area contributed by atoms with Crippen molar-refractivity contribution in [2.24, 2.45) is 0 Å². The molecule has 0 aliphatic heterocycles. The predicted octanol–water partition coefficient (Wildman–Crippen LogP) is 6.25. The normalized spacial score (nSPS) is 16.1. The largest absolute Gasteiger partial charge is 0.481 e. The Balaban J connectivity index is 1.86. The lowest BCUT2D eigenvalue weighted by Crippen LogP contribution is -2.22. The summed E-state index contributed by atoms with van der Waals surface area (Å²) in [4.78, 5) is 25.1. The van der Waals surface area contributed by atoms with Crippen LogP contribution in [-0.4, -0.2) is 44.0 Å². The molecule has 1 heterocycles. The number of nitrogens with one attached hydrogen (secondary N) is 1. The molecule has 0 spiro atoms. The van der Waals surface area contributed by atoms with Gasteiger partial charge in [-0.25, -0.2) is 4.39 Å². The Morgan fingerprint density at radius 3 is 2.34 bits per heavy atom. The molecule has 0 saturated heterocycles. The molecule has 8 heteroatoms. The van der Waals surface area contributed by atoms with E-state index in [1.807, 2.05) is 60.9 Å². The number of amides is 1. The molecule has 1 unspecified atom stereocenters. The first-order chi connectivity index (χ1) is 19.7. The van der Waals surface area contributed by atoms with Gasteiger partial charge in [-0.05, 0) is 72.7 Å². The number of aliphatic hydroxyl groups excluding tert-OH is 2. The first-order valence-electron chi connectivity index (χ1n) is 14.0. The molecule has 41 heavy (non-hydrogen) atoms. The molecule has 1 aromatic heterocycles. The number of benzene rings is 2. The summed E-state index contributed by atoms with van der Waals surface area (Å²) in [5.74, 6) is -1.96. The lowest BCUT2D eigenvalue weighted by molar-refractivity contribution is -0.139. The summed E-state index contributed by atoms with van der Waals surface area (Å²) in [6, 6.07) is 15.4. The molecule has 0 bridgehead atoms. The summed E-state index contributed by atoms with van der Waals surface area (Å²) in [6.45, 7) is 4.32. The molecule has 4 rings (SSSR count). The molecular weight excluding hydrogens is 523 g/mol. The zero-order chi connectivity index (χ0) is 29.5. The Kier molecular flexibility index (Phi) is 9.91. The van der Waals surface area contributed by atoms with Crippen LogP contribution in [0.4, 0.5) is 10.1 Å². The summed E-state index contributed by atoms with van der Waals surface area (Å²) in [7, 11) is 0. The fourth-order valence-electron chi connectivity index (χ4n) is 5.51. The van der Waals surface area contributed by atoms with Crippen molar-refractivity contribution in [1.29, 1.82) is 0 Å². The summed E-state index contributed by atoms with van der Waals surface area (Å²) in [5, 5.41) is 32.8. The number of nitrogens with zero attached hydrogens (tertiary/aromatic N) is 1. The highest BCUT2D eigenvalue weighted by Crippen LogP contribution is 2.43. The van der Waals surface area contributed by atoms with E-state index < -0.39 is 24.6 Å². The molecule has 0 radical (unpaired) electrons. The summed E-state index contributed by atoms with van der Waals surface area (Å²) in [6.07, 6.45) is 6.28. The maximum atomic E-state index is 14.1. The minimum Gasteiger partial charge on any atom is -0.481 e. The van der Waals surface area contributed by atoms with E-state index >= 15 is 0 Å². The van der Waals surface area contributed by atoms with Gasteiger partial charge in [-0.3, -0.25) is 9.59 Å². The zero-order valence-corrected chi connectivity index (χ0v) is 23.3. The van der Waals surface area contributed by atoms with Crippen molar-refractivity contribution in [3.8, 4) is 11.3 Å². The van der Waals surface area contributed by atoms with Gasteiger partial charge in [0.25, 0.3) is 5.91 Å². The van der Waals surface area contributed by atoms with Crippen molar-refractivity contribution in [3.05, 3.63) is 102 Å². The van der Waals surface area contributed by atoms with Crippen molar-refractivity contribution < 1.29 is 29.3 Å². The van der Waals surface area contributed by atoms with Crippen molar-refractivity contribution in [3.63, 3.8) is 0 Å². The third kappa shape index (κ3) is 7.39. The predicted molar refractivity (Wildman–Crippen MR) is 157 cm³/mol. The SMILES string of the molecule is CC(C)c1c(C(=O)Nc2ccccc2)c(C2C=CC=CC2)c(-c2ccc(F)cc2)n1CC[C@@H](O)C[C@@H](O)CC(=O)O. The van der Waals surface area contributed by atoms with Gasteiger partial charge < -0.3 is 25.2 Å². The number of carboxylic acid groups (broad SMARTS) is 1. The molecule has 0 fully saturated rings. The number of hydrogen-bond acceptors (Lipinski definition) is 4. The number of carbonyl (C=O) groups excluding carboxylic acids is 1. The molecular formula is C33H37FN2O5. The third-order valence-electron chi connectivity index (χ3n) is 7.26. The van der Waals surface area contributed by atoms with E-state index in [-0.39, 0.29) is 36.4 Å². The van der Waals surface area contributed by atoms with Gasteiger partial charge in [-0.1, -0.05) is 56.4 Å². The number of carbonyl (C=O) groups is 2. The Bertz CT molecular complexity index is 1410. The van der Waals surface area contributed by atoms with Gasteiger partial charge in [-0.15, -0.1) is 0 Å². The van der Waals surface area contributed by atoms with E-state index in [4.69, 9.17) is 5.11 Å². The van der Waals surface area contributed by atoms with Gasteiger partial charge in [-0.2, -0.15) is 0 Å². The fraction of sp³-hybridized carbons (Fsp3) is 0.333. The number of rotatable bonds is 12. The molecule has 7 nitrogen and oxygen atoms in total. The number of aliphatic hydroxyl groups is 2. The fourth-order valence-corrected chi connectivity index (χ4v) is 5.51. The maximum absolute atomic E-state index is 14.1. The highest BCUT2D eigenvalue weighted by Gasteiger charge is 2.33. The molecule has 4 N–H and O–H groups in total. The van der Waals surface area contributed by atoms with E-state index in [1.165, 1.54) is 12.1 Å². The number of carboxylic acids is 1. The van der Waals surface area contributed by atoms with Gasteiger partial charge in [0.15, 0.2) is 0 Å². The second kappa shape index (κ2) is 13.6. The van der Waals surface area contributed by atoms with Crippen LogP contribution >= 0.6 is 0 Å². The van der Waals surface area contributed by atoms with Crippen molar-refractivity contribution in [2.45, 2.75) is 70.1 Å². The Morgan fingerprint density at radius 1 is 1.02 bits per heavy atom. The second-order valence-electron chi connectivity index (χ2n) is 10.7. The van der Waals surface area contributed by atoms with Crippen LogP contribution in [0.3, 0.4) is 0 Å². The van der Waals surface area contributed by atoms with Crippen LogP contribution in [0.5, 0.6) is 0 Å². The van der Waals surface area contributed by atoms with Crippen LogP contribution in [-0.2, 0) is 11.3 Å². The quantitative estimate of drug-likeness (QED) is 0.209. The van der Waals surface area contributed by atoms with Crippen LogP contribution in [0.1, 0.15) is 73.0 Å². The topological polar surface area (TPSA) is 112 Å². The van der Waals surface area contributed by atoms with E-state index in [0.29, 0.717) is 24.2 Å². The Hall–Kier alpha value is -4.01. The molecule has 3 atom stereocenters. The third-order valence-corrected chi connectivity index (χ3v) is 7.26. The second-order valence-corrected chi connectivity index (χ2v) is 10.7. The van der Waals surface area contributed by atoms with E-state index in [2.05, 4.69) is 17.5 Å². The van der Waals surface area contributed by atoms with Crippen molar-refractivity contribution in [2.75, 3.05) is 5.32 Å². The van der Waals surface area contributed by atoms with Gasteiger partial charge in [0, 0.05) is 23.8 Å². The maximum Gasteiger partial charge on any atom is 0.305 e. The first-order valence-corrected chi connectivity index (χ1v) is 14.0. The van der Waals surface area contributed by atoms with E-state index in [0.717, 1.165) is 22.5 Å². The molecule has 1 aliphatic rings. The number of aromatic nitrogens is 1. The van der Waals surface area contributed by atoms with Crippen LogP contribution in [0.15, 0.2) is 78.9 Å². The summed E-state index contributed by atoms with van der Waals surface area (Å²) < 4.78 is 16.1. The molecule has 1 amide bonds. The molecule has 1 aliphatic carbocycles. The van der Waals surface area contributed by atoms with Gasteiger partial charge in [0.2, 0.25) is 0 Å². The molecule has 216 valence electrons. The number of hydrogen-bond donors (Lipinski definition) is 4. The van der Waals surface area contributed by atoms with Crippen LogP contribution in [0.2, 0.25) is 0 Å². The van der Waals surface area contributed by atoms with Crippen LogP contribution < -0.4 is 5.32 Å². The zero-order valence-electron chi connectivity index (χ0n) is 23.3. The standard InChI is InChI=1S/C33H37FN2O5/c1-21(2)31-30(33(41)35-25-11-7-4-8-12-25)29(22-9-5-3-6-10-22)32(23-13-15-24(34)16-14-23)36(31)18-17-26(37)19-27(38)20-28(39)40/h3-9,11-16,21-22,26-27,37-38H,10,17-20H2,1-2H3,(H,35,41)(H,39,40)/t22?,26-,27-/m1/s1. The lowest BCUT2D eigenvalue weighted by Gasteiger charge is -2.20. The van der Waals surface area contributed by atoms with E-state index in [9.17, 15) is 24.2 Å². The smallest absolute Gasteiger partial charge is 0.305 e. The summed E-state index contributed by atoms with van der Waals surface area (Å²) in [5.41, 5.74) is 4.34. The van der Waals surface area contributed by atoms with E-state index in [1.54, 1.807) is 12.1 Å². The molecule has 2 aromatic carbocycles. The number of anilines is 1. The highest BCUT2D eigenvalue weighted by atomic mass is 19.1. The average molecular weight is 561 g/mol. The number of halogens is 1. The number of aliphatic carboxylic acids is 1. The monoisotopic (exact) mass is 560 g/mol. The molecule has 0 saturated carbocycles. The number of allylic oxidation sites excluding steroid dienone is 4. The molecule has 3 aromatic rings. The first kappa shape index (κ1) is 30.0. The summed E-state index contributed by atoms with van der Waals surface area (Å²) >= 11 is 0. The van der Waals surface area contributed by atoms with Gasteiger partial charge in [0.1, 0.15) is 5.82 Å².